The predicted octanol–water partition coefficient (Wildman–Crippen LogP) is 3.19. The van der Waals surface area contributed by atoms with Crippen LogP contribution in [0.15, 0.2) is 36.5 Å². The molecule has 1 saturated heterocycles. The molecule has 0 aliphatic carbocycles. The lowest BCUT2D eigenvalue weighted by atomic mass is 9.88. The SMILES string of the molecule is CCc1ccc(CN2CCC(O)(c3ccccn3)CC2)s1. The molecule has 0 bridgehead atoms. The third-order valence-corrected chi connectivity index (χ3v) is 5.48. The number of hydrogen-bond donors (Lipinski definition) is 1. The van der Waals surface area contributed by atoms with Crippen LogP contribution >= 0.6 is 11.3 Å². The number of likely N-dealkylation sites (tertiary alicyclic amines) is 1. The van der Waals surface area contributed by atoms with Crippen molar-refractivity contribution in [1.82, 2.24) is 9.88 Å². The minimum atomic E-state index is -0.748. The summed E-state index contributed by atoms with van der Waals surface area (Å²) >= 11 is 1.91. The number of piperidine rings is 1. The van der Waals surface area contributed by atoms with E-state index in [9.17, 15) is 5.11 Å². The van der Waals surface area contributed by atoms with Crippen molar-refractivity contribution in [2.45, 2.75) is 38.3 Å². The second kappa shape index (κ2) is 6.26. The average molecular weight is 302 g/mol. The molecule has 1 N–H and O–H groups in total. The van der Waals surface area contributed by atoms with Crippen LogP contribution in [0.4, 0.5) is 0 Å². The highest BCUT2D eigenvalue weighted by molar-refractivity contribution is 7.11. The van der Waals surface area contributed by atoms with E-state index in [4.69, 9.17) is 0 Å². The number of aromatic nitrogens is 1. The van der Waals surface area contributed by atoms with Gasteiger partial charge in [0.2, 0.25) is 0 Å². The summed E-state index contributed by atoms with van der Waals surface area (Å²) in [4.78, 5) is 9.64. The number of nitrogens with zero attached hydrogens (tertiary/aromatic N) is 2. The maximum absolute atomic E-state index is 10.8. The van der Waals surface area contributed by atoms with Gasteiger partial charge in [-0.3, -0.25) is 9.88 Å². The van der Waals surface area contributed by atoms with E-state index in [1.54, 1.807) is 6.20 Å². The number of thiophene rings is 1. The smallest absolute Gasteiger partial charge is 0.109 e. The molecule has 0 amide bonds. The second-order valence-corrected chi connectivity index (χ2v) is 7.00. The molecular formula is C17H22N2OS. The van der Waals surface area contributed by atoms with Gasteiger partial charge in [-0.25, -0.2) is 0 Å². The molecule has 2 aromatic heterocycles. The summed E-state index contributed by atoms with van der Waals surface area (Å²) in [5.41, 5.74) is 0.0657. The van der Waals surface area contributed by atoms with E-state index < -0.39 is 5.60 Å². The van der Waals surface area contributed by atoms with Crippen LogP contribution in [0.5, 0.6) is 0 Å². The van der Waals surface area contributed by atoms with Gasteiger partial charge in [0.15, 0.2) is 0 Å². The van der Waals surface area contributed by atoms with Crippen molar-refractivity contribution in [3.05, 3.63) is 52.0 Å². The fourth-order valence-corrected chi connectivity index (χ4v) is 3.89. The molecule has 1 fully saturated rings. The molecule has 3 rings (SSSR count). The molecule has 21 heavy (non-hydrogen) atoms. The highest BCUT2D eigenvalue weighted by Gasteiger charge is 2.34. The van der Waals surface area contributed by atoms with E-state index in [-0.39, 0.29) is 0 Å². The first kappa shape index (κ1) is 14.7. The number of aryl methyl sites for hydroxylation is 1. The molecule has 3 heterocycles. The van der Waals surface area contributed by atoms with E-state index in [1.807, 2.05) is 29.5 Å². The van der Waals surface area contributed by atoms with Crippen molar-refractivity contribution < 1.29 is 5.11 Å². The Kier molecular flexibility index (Phi) is 4.38. The Morgan fingerprint density at radius 2 is 1.95 bits per heavy atom. The number of rotatable bonds is 4. The van der Waals surface area contributed by atoms with Gasteiger partial charge >= 0.3 is 0 Å². The summed E-state index contributed by atoms with van der Waals surface area (Å²) in [6, 6.07) is 10.2. The summed E-state index contributed by atoms with van der Waals surface area (Å²) in [7, 11) is 0. The summed E-state index contributed by atoms with van der Waals surface area (Å²) < 4.78 is 0. The summed E-state index contributed by atoms with van der Waals surface area (Å²) in [6.45, 7) is 5.05. The lowest BCUT2D eigenvalue weighted by Crippen LogP contribution is -2.42. The summed E-state index contributed by atoms with van der Waals surface area (Å²) in [5, 5.41) is 10.8. The van der Waals surface area contributed by atoms with Gasteiger partial charge < -0.3 is 5.11 Å². The minimum Gasteiger partial charge on any atom is -0.383 e. The molecule has 0 unspecified atom stereocenters. The molecule has 0 radical (unpaired) electrons. The molecule has 0 spiro atoms. The lowest BCUT2D eigenvalue weighted by molar-refractivity contribution is -0.0309. The Morgan fingerprint density at radius 1 is 1.19 bits per heavy atom. The monoisotopic (exact) mass is 302 g/mol. The molecular weight excluding hydrogens is 280 g/mol. The Hall–Kier alpha value is -1.23. The normalized spacial score (nSPS) is 18.8. The fraction of sp³-hybridized carbons (Fsp3) is 0.471. The van der Waals surface area contributed by atoms with E-state index in [1.165, 1.54) is 9.75 Å². The molecule has 0 atom stereocenters. The Morgan fingerprint density at radius 3 is 2.57 bits per heavy atom. The maximum atomic E-state index is 10.8. The molecule has 1 aliphatic heterocycles. The Balaban J connectivity index is 1.60. The molecule has 1 aliphatic rings. The number of pyridine rings is 1. The summed E-state index contributed by atoms with van der Waals surface area (Å²) in [5.74, 6) is 0. The van der Waals surface area contributed by atoms with Crippen LogP contribution in [0.2, 0.25) is 0 Å². The van der Waals surface area contributed by atoms with Gasteiger partial charge in [-0.05, 0) is 43.5 Å². The van der Waals surface area contributed by atoms with Crippen molar-refractivity contribution in [1.29, 1.82) is 0 Å². The number of aliphatic hydroxyl groups is 1. The highest BCUT2D eigenvalue weighted by Crippen LogP contribution is 2.32. The van der Waals surface area contributed by atoms with E-state index in [2.05, 4.69) is 28.9 Å². The zero-order valence-corrected chi connectivity index (χ0v) is 13.3. The molecule has 112 valence electrons. The molecule has 0 aromatic carbocycles. The van der Waals surface area contributed by atoms with Gasteiger partial charge in [0, 0.05) is 35.6 Å². The van der Waals surface area contributed by atoms with Gasteiger partial charge in [-0.2, -0.15) is 0 Å². The van der Waals surface area contributed by atoms with E-state index >= 15 is 0 Å². The van der Waals surface area contributed by atoms with Crippen molar-refractivity contribution in [3.63, 3.8) is 0 Å². The van der Waals surface area contributed by atoms with Crippen LogP contribution < -0.4 is 0 Å². The van der Waals surface area contributed by atoms with Crippen LogP contribution in [-0.2, 0) is 18.6 Å². The van der Waals surface area contributed by atoms with Gasteiger partial charge in [-0.15, -0.1) is 11.3 Å². The Bertz CT molecular complexity index is 573. The molecule has 3 nitrogen and oxygen atoms in total. The van der Waals surface area contributed by atoms with Crippen LogP contribution in [0.1, 0.15) is 35.2 Å². The van der Waals surface area contributed by atoms with Gasteiger partial charge in [0.05, 0.1) is 5.69 Å². The Labute approximate surface area is 130 Å². The maximum Gasteiger partial charge on any atom is 0.109 e. The van der Waals surface area contributed by atoms with Gasteiger partial charge in [0.1, 0.15) is 5.60 Å². The van der Waals surface area contributed by atoms with E-state index in [0.717, 1.165) is 44.6 Å². The van der Waals surface area contributed by atoms with Crippen molar-refractivity contribution in [2.75, 3.05) is 13.1 Å². The van der Waals surface area contributed by atoms with Crippen molar-refractivity contribution >= 4 is 11.3 Å². The summed E-state index contributed by atoms with van der Waals surface area (Å²) in [6.07, 6.45) is 4.40. The zero-order chi connectivity index (χ0) is 14.7. The lowest BCUT2D eigenvalue weighted by Gasteiger charge is -2.37. The number of hydrogen-bond acceptors (Lipinski definition) is 4. The van der Waals surface area contributed by atoms with Crippen molar-refractivity contribution in [2.24, 2.45) is 0 Å². The van der Waals surface area contributed by atoms with Gasteiger partial charge in [0.25, 0.3) is 0 Å². The van der Waals surface area contributed by atoms with Gasteiger partial charge in [-0.1, -0.05) is 13.0 Å². The molecule has 2 aromatic rings. The van der Waals surface area contributed by atoms with Crippen molar-refractivity contribution in [3.8, 4) is 0 Å². The first-order valence-corrected chi connectivity index (χ1v) is 8.45. The third kappa shape index (κ3) is 3.34. The fourth-order valence-electron chi connectivity index (χ4n) is 2.89. The molecule has 0 saturated carbocycles. The quantitative estimate of drug-likeness (QED) is 0.942. The first-order chi connectivity index (χ1) is 10.2. The van der Waals surface area contributed by atoms with E-state index in [0.29, 0.717) is 0 Å². The molecule has 4 heteroatoms. The van der Waals surface area contributed by atoms with Crippen LogP contribution in [-0.4, -0.2) is 28.1 Å². The largest absolute Gasteiger partial charge is 0.383 e. The average Bonchev–Trinajstić information content (AvgIpc) is 2.98. The zero-order valence-electron chi connectivity index (χ0n) is 12.5. The van der Waals surface area contributed by atoms with Crippen LogP contribution in [0.25, 0.3) is 0 Å². The minimum absolute atomic E-state index is 0.748. The topological polar surface area (TPSA) is 36.4 Å². The van der Waals surface area contributed by atoms with Crippen LogP contribution in [0.3, 0.4) is 0 Å². The predicted molar refractivity (Wildman–Crippen MR) is 86.3 cm³/mol. The second-order valence-electron chi connectivity index (χ2n) is 5.74. The van der Waals surface area contributed by atoms with Crippen LogP contribution in [0, 0.1) is 0 Å². The highest BCUT2D eigenvalue weighted by atomic mass is 32.1. The standard InChI is InChI=1S/C17H22N2OS/c1-2-14-6-7-15(21-14)13-19-11-8-17(20,9-12-19)16-5-3-4-10-18-16/h3-7,10,20H,2,8-9,11-13H2,1H3. The first-order valence-electron chi connectivity index (χ1n) is 7.63. The third-order valence-electron chi connectivity index (χ3n) is 4.27.